The van der Waals surface area contributed by atoms with Gasteiger partial charge in [0.1, 0.15) is 5.82 Å². The van der Waals surface area contributed by atoms with Gasteiger partial charge in [-0.05, 0) is 6.07 Å². The first kappa shape index (κ1) is 15.2. The maximum absolute atomic E-state index is 12.5. The minimum Gasteiger partial charge on any atom is -0.476 e. The summed E-state index contributed by atoms with van der Waals surface area (Å²) in [5.41, 5.74) is 1.17. The van der Waals surface area contributed by atoms with Gasteiger partial charge in [0.25, 0.3) is 5.91 Å². The molecule has 1 aliphatic heterocycles. The van der Waals surface area contributed by atoms with E-state index in [4.69, 9.17) is 0 Å². The highest BCUT2D eigenvalue weighted by Crippen LogP contribution is 2.32. The molecule has 0 saturated carbocycles. The topological polar surface area (TPSA) is 88.3 Å². The molecule has 1 N–H and O–H groups in total. The van der Waals surface area contributed by atoms with Gasteiger partial charge < -0.3 is 10.0 Å². The van der Waals surface area contributed by atoms with Crippen LogP contribution >= 0.6 is 0 Å². The van der Waals surface area contributed by atoms with E-state index in [2.05, 4.69) is 9.97 Å². The number of imidazole rings is 1. The average Bonchev–Trinajstić information content (AvgIpc) is 2.81. The van der Waals surface area contributed by atoms with Crippen LogP contribution in [0.2, 0.25) is 0 Å². The Labute approximate surface area is 133 Å². The predicted molar refractivity (Wildman–Crippen MR) is 82.8 cm³/mol. The molecule has 0 fully saturated rings. The van der Waals surface area contributed by atoms with Crippen molar-refractivity contribution in [2.45, 2.75) is 32.7 Å². The lowest BCUT2D eigenvalue weighted by molar-refractivity contribution is 0.0682. The summed E-state index contributed by atoms with van der Waals surface area (Å²) in [7, 11) is 1.64. The van der Waals surface area contributed by atoms with Gasteiger partial charge in [0, 0.05) is 24.9 Å². The maximum atomic E-state index is 12.5. The second kappa shape index (κ2) is 4.91. The van der Waals surface area contributed by atoms with Gasteiger partial charge in [0.15, 0.2) is 5.69 Å². The second-order valence-electron chi connectivity index (χ2n) is 6.68. The fraction of sp³-hybridized carbons (Fsp3) is 0.375. The molecule has 2 aromatic heterocycles. The highest BCUT2D eigenvalue weighted by atomic mass is 16.4. The van der Waals surface area contributed by atoms with Crippen molar-refractivity contribution < 1.29 is 14.7 Å². The van der Waals surface area contributed by atoms with E-state index in [-0.39, 0.29) is 23.6 Å². The van der Waals surface area contributed by atoms with Gasteiger partial charge in [-0.15, -0.1) is 0 Å². The first-order chi connectivity index (χ1) is 10.7. The van der Waals surface area contributed by atoms with Crippen molar-refractivity contribution >= 4 is 11.9 Å². The lowest BCUT2D eigenvalue weighted by Crippen LogP contribution is -2.25. The quantitative estimate of drug-likeness (QED) is 0.868. The Bertz CT molecular complexity index is 817. The molecule has 7 nitrogen and oxygen atoms in total. The molecule has 0 unspecified atom stereocenters. The van der Waals surface area contributed by atoms with Gasteiger partial charge in [-0.1, -0.05) is 20.8 Å². The van der Waals surface area contributed by atoms with Crippen molar-refractivity contribution in [2.75, 3.05) is 7.05 Å². The summed E-state index contributed by atoms with van der Waals surface area (Å²) in [6, 6.07) is 1.72. The van der Waals surface area contributed by atoms with Crippen LogP contribution in [0.3, 0.4) is 0 Å². The Morgan fingerprint density at radius 1 is 1.35 bits per heavy atom. The molecule has 0 saturated heterocycles. The van der Waals surface area contributed by atoms with E-state index in [0.717, 1.165) is 0 Å². The van der Waals surface area contributed by atoms with Crippen molar-refractivity contribution in [2.24, 2.45) is 0 Å². The zero-order valence-corrected chi connectivity index (χ0v) is 13.5. The number of nitrogens with zero attached hydrogens (tertiary/aromatic N) is 4. The largest absolute Gasteiger partial charge is 0.476 e. The summed E-state index contributed by atoms with van der Waals surface area (Å²) in [5.74, 6) is -0.670. The van der Waals surface area contributed by atoms with Crippen LogP contribution < -0.4 is 0 Å². The van der Waals surface area contributed by atoms with Gasteiger partial charge in [-0.25, -0.2) is 9.78 Å². The highest BCUT2D eigenvalue weighted by Gasteiger charge is 2.34. The summed E-state index contributed by atoms with van der Waals surface area (Å²) < 4.78 is 1.79. The number of amides is 1. The molecule has 0 aliphatic carbocycles. The van der Waals surface area contributed by atoms with Crippen LogP contribution in [-0.4, -0.2) is 43.5 Å². The van der Waals surface area contributed by atoms with E-state index in [1.165, 1.54) is 11.1 Å². The number of hydrogen-bond donors (Lipinski definition) is 1. The van der Waals surface area contributed by atoms with E-state index in [1.807, 2.05) is 20.8 Å². The van der Waals surface area contributed by atoms with E-state index in [9.17, 15) is 14.7 Å². The number of aromatic carboxylic acids is 1. The molecule has 0 bridgehead atoms. The Morgan fingerprint density at radius 2 is 2.04 bits per heavy atom. The standard InChI is InChI=1S/C16H18N4O3/c1-16(2,3)15-18-12(14(22)23)11-8-19(4)13(21)9-7-17-6-5-10(9)20(11)15/h5-7H,8H2,1-4H3,(H,22,23). The van der Waals surface area contributed by atoms with Crippen LogP contribution in [0.5, 0.6) is 0 Å². The molecular formula is C16H18N4O3. The third kappa shape index (κ3) is 2.28. The summed E-state index contributed by atoms with van der Waals surface area (Å²) in [6.07, 6.45) is 3.10. The molecule has 0 spiro atoms. The molecule has 23 heavy (non-hydrogen) atoms. The number of carboxylic acids is 1. The van der Waals surface area contributed by atoms with E-state index in [1.54, 1.807) is 23.9 Å². The molecular weight excluding hydrogens is 296 g/mol. The Morgan fingerprint density at radius 3 is 2.65 bits per heavy atom. The minimum atomic E-state index is -1.09. The zero-order valence-electron chi connectivity index (χ0n) is 13.5. The number of hydrogen-bond acceptors (Lipinski definition) is 4. The van der Waals surface area contributed by atoms with Crippen molar-refractivity contribution in [3.05, 3.63) is 41.2 Å². The van der Waals surface area contributed by atoms with Crippen LogP contribution in [0.15, 0.2) is 18.5 Å². The Balaban J connectivity index is 2.43. The smallest absolute Gasteiger partial charge is 0.356 e. The van der Waals surface area contributed by atoms with E-state index in [0.29, 0.717) is 22.8 Å². The summed E-state index contributed by atoms with van der Waals surface area (Å²) >= 11 is 0. The number of aromatic nitrogens is 3. The molecule has 7 heteroatoms. The summed E-state index contributed by atoms with van der Waals surface area (Å²) in [6.45, 7) is 6.07. The van der Waals surface area contributed by atoms with Crippen LogP contribution in [-0.2, 0) is 12.0 Å². The SMILES string of the molecule is CN1Cc2c(C(=O)O)nc(C(C)(C)C)n2-c2ccncc2C1=O. The molecule has 0 aromatic carbocycles. The van der Waals surface area contributed by atoms with Gasteiger partial charge in [0.2, 0.25) is 0 Å². The number of rotatable bonds is 1. The summed E-state index contributed by atoms with van der Waals surface area (Å²) in [4.78, 5) is 34.1. The Hall–Kier alpha value is -2.70. The number of carboxylic acid groups (broad SMARTS) is 1. The molecule has 0 atom stereocenters. The third-order valence-corrected chi connectivity index (χ3v) is 3.85. The molecule has 3 rings (SSSR count). The molecule has 1 aliphatic rings. The Kier molecular flexibility index (Phi) is 3.24. The monoisotopic (exact) mass is 314 g/mol. The van der Waals surface area contributed by atoms with Gasteiger partial charge in [0.05, 0.1) is 23.5 Å². The number of carbonyl (C=O) groups is 2. The van der Waals surface area contributed by atoms with Crippen molar-refractivity contribution in [3.63, 3.8) is 0 Å². The number of fused-ring (bicyclic) bond motifs is 3. The van der Waals surface area contributed by atoms with E-state index < -0.39 is 5.97 Å². The second-order valence-corrected chi connectivity index (χ2v) is 6.68. The highest BCUT2D eigenvalue weighted by molar-refractivity contribution is 5.98. The molecule has 0 radical (unpaired) electrons. The zero-order chi connectivity index (χ0) is 16.9. The molecule has 3 heterocycles. The number of pyridine rings is 1. The van der Waals surface area contributed by atoms with Crippen LogP contribution in [0, 0.1) is 0 Å². The van der Waals surface area contributed by atoms with Crippen molar-refractivity contribution in [1.29, 1.82) is 0 Å². The minimum absolute atomic E-state index is 0.0146. The first-order valence-electron chi connectivity index (χ1n) is 7.27. The normalized spacial score (nSPS) is 14.3. The first-order valence-corrected chi connectivity index (χ1v) is 7.27. The molecule has 120 valence electrons. The van der Waals surface area contributed by atoms with Crippen LogP contribution in [0.4, 0.5) is 0 Å². The van der Waals surface area contributed by atoms with Gasteiger partial charge >= 0.3 is 5.97 Å². The lowest BCUT2D eigenvalue weighted by atomic mass is 9.95. The summed E-state index contributed by atoms with van der Waals surface area (Å²) in [5, 5.41) is 9.52. The van der Waals surface area contributed by atoms with E-state index >= 15 is 0 Å². The van der Waals surface area contributed by atoms with Crippen LogP contribution in [0.1, 0.15) is 53.1 Å². The molecule has 2 aromatic rings. The van der Waals surface area contributed by atoms with Gasteiger partial charge in [-0.3, -0.25) is 14.3 Å². The lowest BCUT2D eigenvalue weighted by Gasteiger charge is -2.21. The molecule has 1 amide bonds. The fourth-order valence-electron chi connectivity index (χ4n) is 2.78. The third-order valence-electron chi connectivity index (χ3n) is 3.85. The van der Waals surface area contributed by atoms with Crippen molar-refractivity contribution in [3.8, 4) is 5.69 Å². The predicted octanol–water partition coefficient (Wildman–Crippen LogP) is 1.85. The van der Waals surface area contributed by atoms with Gasteiger partial charge in [-0.2, -0.15) is 0 Å². The average molecular weight is 314 g/mol. The number of carbonyl (C=O) groups excluding carboxylic acids is 1. The van der Waals surface area contributed by atoms with Crippen molar-refractivity contribution in [1.82, 2.24) is 19.4 Å². The fourth-order valence-corrected chi connectivity index (χ4v) is 2.78. The maximum Gasteiger partial charge on any atom is 0.356 e. The van der Waals surface area contributed by atoms with Crippen LogP contribution in [0.25, 0.3) is 5.69 Å².